The molecule has 128 valence electrons. The first kappa shape index (κ1) is 18.2. The molecule has 0 atom stereocenters. The zero-order valence-corrected chi connectivity index (χ0v) is 14.4. The number of hydrogen-bond acceptors (Lipinski definition) is 4. The molecule has 1 aliphatic heterocycles. The fourth-order valence-electron chi connectivity index (χ4n) is 2.73. The van der Waals surface area contributed by atoms with Gasteiger partial charge >= 0.3 is 0 Å². The number of nitrogens with zero attached hydrogens (tertiary/aromatic N) is 2. The van der Waals surface area contributed by atoms with Crippen LogP contribution in [-0.4, -0.2) is 24.0 Å². The fourth-order valence-corrected chi connectivity index (χ4v) is 2.73. The number of amides is 1. The highest BCUT2D eigenvalue weighted by Crippen LogP contribution is 2.17. The van der Waals surface area contributed by atoms with Gasteiger partial charge in [0.25, 0.3) is 5.91 Å². The van der Waals surface area contributed by atoms with E-state index in [1.807, 2.05) is 30.5 Å². The van der Waals surface area contributed by atoms with E-state index < -0.39 is 0 Å². The number of hydrogen-bond donors (Lipinski definition) is 2. The number of benzene rings is 1. The highest BCUT2D eigenvalue weighted by atomic mass is 35.5. The Labute approximate surface area is 148 Å². The van der Waals surface area contributed by atoms with Crippen LogP contribution in [0.5, 0.6) is 0 Å². The van der Waals surface area contributed by atoms with Gasteiger partial charge in [0.15, 0.2) is 0 Å². The number of halogens is 1. The van der Waals surface area contributed by atoms with Crippen LogP contribution in [0.25, 0.3) is 0 Å². The Hall–Kier alpha value is -2.11. The Balaban J connectivity index is 0.00000208. The van der Waals surface area contributed by atoms with E-state index in [-0.39, 0.29) is 18.3 Å². The maximum atomic E-state index is 12.1. The van der Waals surface area contributed by atoms with Crippen LogP contribution in [0.3, 0.4) is 0 Å². The number of anilines is 1. The summed E-state index contributed by atoms with van der Waals surface area (Å²) in [6.07, 6.45) is 4.32. The number of pyridine rings is 1. The van der Waals surface area contributed by atoms with E-state index in [2.05, 4.69) is 15.2 Å². The third-order valence-electron chi connectivity index (χ3n) is 4.14. The van der Waals surface area contributed by atoms with E-state index in [0.717, 1.165) is 30.0 Å². The van der Waals surface area contributed by atoms with Crippen LogP contribution in [0.2, 0.25) is 0 Å². The monoisotopic (exact) mass is 346 g/mol. The Kier molecular flexibility index (Phi) is 6.58. The summed E-state index contributed by atoms with van der Waals surface area (Å²) < 4.78 is 0. The minimum absolute atomic E-state index is 0. The molecule has 24 heavy (non-hydrogen) atoms. The maximum absolute atomic E-state index is 12.1. The third kappa shape index (κ3) is 4.46. The summed E-state index contributed by atoms with van der Waals surface area (Å²) in [5.74, 6) is 0.937. The minimum Gasteiger partial charge on any atom is -0.357 e. The first-order valence-electron chi connectivity index (χ1n) is 8.03. The lowest BCUT2D eigenvalue weighted by atomic mass is 10.1. The lowest BCUT2D eigenvalue weighted by Gasteiger charge is -2.16. The molecule has 1 aliphatic rings. The van der Waals surface area contributed by atoms with Crippen LogP contribution in [0.1, 0.15) is 34.3 Å². The van der Waals surface area contributed by atoms with Gasteiger partial charge in [-0.05, 0) is 42.2 Å². The van der Waals surface area contributed by atoms with Gasteiger partial charge in [0, 0.05) is 37.9 Å². The van der Waals surface area contributed by atoms with Crippen molar-refractivity contribution in [2.45, 2.75) is 25.9 Å². The van der Waals surface area contributed by atoms with Crippen LogP contribution in [0, 0.1) is 0 Å². The summed E-state index contributed by atoms with van der Waals surface area (Å²) in [5.41, 5.74) is 8.22. The largest absolute Gasteiger partial charge is 0.357 e. The van der Waals surface area contributed by atoms with E-state index >= 15 is 0 Å². The number of nitrogens with one attached hydrogen (secondary N) is 1. The molecule has 6 heteroatoms. The molecule has 0 aliphatic carbocycles. The Morgan fingerprint density at radius 3 is 2.33 bits per heavy atom. The van der Waals surface area contributed by atoms with Gasteiger partial charge in [-0.15, -0.1) is 12.4 Å². The molecule has 2 aromatic rings. The van der Waals surface area contributed by atoms with Crippen molar-refractivity contribution in [1.82, 2.24) is 10.3 Å². The van der Waals surface area contributed by atoms with Crippen LogP contribution < -0.4 is 16.0 Å². The van der Waals surface area contributed by atoms with Crippen LogP contribution in [0.15, 0.2) is 42.6 Å². The van der Waals surface area contributed by atoms with E-state index in [9.17, 15) is 4.79 Å². The van der Waals surface area contributed by atoms with Crippen molar-refractivity contribution in [2.24, 2.45) is 5.73 Å². The van der Waals surface area contributed by atoms with Crippen molar-refractivity contribution < 1.29 is 4.79 Å². The smallest absolute Gasteiger partial charge is 0.251 e. The van der Waals surface area contributed by atoms with Gasteiger partial charge in [-0.2, -0.15) is 0 Å². The van der Waals surface area contributed by atoms with Gasteiger partial charge in [-0.25, -0.2) is 4.98 Å². The fraction of sp³-hybridized carbons (Fsp3) is 0.333. The molecule has 1 saturated heterocycles. The summed E-state index contributed by atoms with van der Waals surface area (Å²) in [6.45, 7) is 3.13. The second-order valence-corrected chi connectivity index (χ2v) is 5.80. The summed E-state index contributed by atoms with van der Waals surface area (Å²) in [5, 5.41) is 2.92. The van der Waals surface area contributed by atoms with Crippen molar-refractivity contribution in [2.75, 3.05) is 18.0 Å². The zero-order chi connectivity index (χ0) is 16.1. The summed E-state index contributed by atoms with van der Waals surface area (Å²) in [7, 11) is 0. The van der Waals surface area contributed by atoms with E-state index in [1.54, 1.807) is 12.1 Å². The number of carbonyl (C=O) groups is 1. The second-order valence-electron chi connectivity index (χ2n) is 5.80. The summed E-state index contributed by atoms with van der Waals surface area (Å²) in [4.78, 5) is 18.9. The Bertz CT molecular complexity index is 652. The van der Waals surface area contributed by atoms with Crippen molar-refractivity contribution in [3.63, 3.8) is 0 Å². The molecular weight excluding hydrogens is 324 g/mol. The molecule has 0 unspecified atom stereocenters. The highest BCUT2D eigenvalue weighted by Gasteiger charge is 2.13. The molecule has 1 amide bonds. The molecule has 0 bridgehead atoms. The number of rotatable bonds is 5. The van der Waals surface area contributed by atoms with Crippen LogP contribution >= 0.6 is 12.4 Å². The van der Waals surface area contributed by atoms with E-state index in [4.69, 9.17) is 5.73 Å². The molecule has 1 aromatic heterocycles. The van der Waals surface area contributed by atoms with Crippen molar-refractivity contribution in [3.8, 4) is 0 Å². The Morgan fingerprint density at radius 1 is 1.08 bits per heavy atom. The topological polar surface area (TPSA) is 71.2 Å². The third-order valence-corrected chi connectivity index (χ3v) is 4.14. The SMILES string of the molecule is Cl.NCc1ccc(C(=O)NCc2ccc(N3CCCC3)nc2)cc1. The normalized spacial score (nSPS) is 13.5. The molecule has 1 aromatic carbocycles. The molecule has 2 heterocycles. The minimum atomic E-state index is -0.0859. The maximum Gasteiger partial charge on any atom is 0.251 e. The quantitative estimate of drug-likeness (QED) is 0.872. The van der Waals surface area contributed by atoms with Gasteiger partial charge < -0.3 is 16.0 Å². The van der Waals surface area contributed by atoms with Gasteiger partial charge in [-0.1, -0.05) is 18.2 Å². The average molecular weight is 347 g/mol. The molecular formula is C18H23ClN4O. The molecule has 3 rings (SSSR count). The first-order chi connectivity index (χ1) is 11.3. The van der Waals surface area contributed by atoms with E-state index in [0.29, 0.717) is 18.7 Å². The lowest BCUT2D eigenvalue weighted by molar-refractivity contribution is 0.0951. The van der Waals surface area contributed by atoms with Crippen molar-refractivity contribution >= 4 is 24.1 Å². The van der Waals surface area contributed by atoms with Crippen LogP contribution in [0.4, 0.5) is 5.82 Å². The van der Waals surface area contributed by atoms with Gasteiger partial charge in [0.2, 0.25) is 0 Å². The van der Waals surface area contributed by atoms with Gasteiger partial charge in [0.05, 0.1) is 0 Å². The average Bonchev–Trinajstić information content (AvgIpc) is 3.15. The van der Waals surface area contributed by atoms with Gasteiger partial charge in [0.1, 0.15) is 5.82 Å². The van der Waals surface area contributed by atoms with E-state index in [1.165, 1.54) is 12.8 Å². The standard InChI is InChI=1S/C18H22N4O.ClH/c19-11-14-3-6-16(7-4-14)18(23)21-13-15-5-8-17(20-12-15)22-9-1-2-10-22;/h3-8,12H,1-2,9-11,13,19H2,(H,21,23);1H. The number of aromatic nitrogens is 1. The highest BCUT2D eigenvalue weighted by molar-refractivity contribution is 5.94. The molecule has 3 N–H and O–H groups in total. The molecule has 0 saturated carbocycles. The zero-order valence-electron chi connectivity index (χ0n) is 13.6. The van der Waals surface area contributed by atoms with Gasteiger partial charge in [-0.3, -0.25) is 4.79 Å². The number of carbonyl (C=O) groups excluding carboxylic acids is 1. The van der Waals surface area contributed by atoms with Crippen LogP contribution in [-0.2, 0) is 13.1 Å². The second kappa shape index (κ2) is 8.66. The first-order valence-corrected chi connectivity index (χ1v) is 8.03. The predicted molar refractivity (Wildman–Crippen MR) is 98.4 cm³/mol. The molecule has 5 nitrogen and oxygen atoms in total. The van der Waals surface area contributed by atoms with Crippen molar-refractivity contribution in [1.29, 1.82) is 0 Å². The predicted octanol–water partition coefficient (Wildman–Crippen LogP) is 2.49. The molecule has 0 radical (unpaired) electrons. The summed E-state index contributed by atoms with van der Waals surface area (Å²) >= 11 is 0. The van der Waals surface area contributed by atoms with Crippen molar-refractivity contribution in [3.05, 3.63) is 59.3 Å². The molecule has 1 fully saturated rings. The summed E-state index contributed by atoms with van der Waals surface area (Å²) in [6, 6.07) is 11.4. The Morgan fingerprint density at radius 2 is 1.75 bits per heavy atom. The number of nitrogens with two attached hydrogens (primary N) is 1. The molecule has 0 spiro atoms. The lowest BCUT2D eigenvalue weighted by Crippen LogP contribution is -2.23.